The molecule has 4 heteroatoms. The van der Waals surface area contributed by atoms with Crippen LogP contribution in [0.15, 0.2) is 54.6 Å². The summed E-state index contributed by atoms with van der Waals surface area (Å²) in [7, 11) is 1.36. The lowest BCUT2D eigenvalue weighted by Crippen LogP contribution is -2.48. The van der Waals surface area contributed by atoms with E-state index in [0.717, 1.165) is 24.0 Å². The van der Waals surface area contributed by atoms with Crippen LogP contribution < -0.4 is 5.32 Å². The van der Waals surface area contributed by atoms with Gasteiger partial charge >= 0.3 is 5.97 Å². The molecular formula is C22H25NO3. The highest BCUT2D eigenvalue weighted by molar-refractivity contribution is 5.93. The Hall–Kier alpha value is -2.62. The molecule has 1 N–H and O–H groups in total. The fourth-order valence-corrected chi connectivity index (χ4v) is 3.96. The Labute approximate surface area is 154 Å². The van der Waals surface area contributed by atoms with Crippen molar-refractivity contribution in [2.24, 2.45) is 0 Å². The highest BCUT2D eigenvalue weighted by Crippen LogP contribution is 2.46. The summed E-state index contributed by atoms with van der Waals surface area (Å²) in [4.78, 5) is 24.8. The van der Waals surface area contributed by atoms with E-state index in [1.165, 1.54) is 12.7 Å². The van der Waals surface area contributed by atoms with Crippen molar-refractivity contribution in [3.05, 3.63) is 71.3 Å². The Morgan fingerprint density at radius 1 is 1.12 bits per heavy atom. The number of carbonyl (C=O) groups is 2. The van der Waals surface area contributed by atoms with Crippen LogP contribution in [0.25, 0.3) is 0 Å². The summed E-state index contributed by atoms with van der Waals surface area (Å²) in [6.07, 6.45) is 1.86. The monoisotopic (exact) mass is 351 g/mol. The van der Waals surface area contributed by atoms with Crippen LogP contribution in [0.5, 0.6) is 0 Å². The first-order valence-corrected chi connectivity index (χ1v) is 9.09. The molecule has 0 fully saturated rings. The van der Waals surface area contributed by atoms with Crippen LogP contribution >= 0.6 is 0 Å². The molecule has 0 radical (unpaired) electrons. The van der Waals surface area contributed by atoms with E-state index in [1.54, 1.807) is 0 Å². The topological polar surface area (TPSA) is 55.4 Å². The smallest absolute Gasteiger partial charge is 0.307 e. The molecule has 0 bridgehead atoms. The Kier molecular flexibility index (Phi) is 5.40. The van der Waals surface area contributed by atoms with Gasteiger partial charge in [-0.3, -0.25) is 9.59 Å². The SMILES string of the molecule is COC(=O)CCNC(=O)[C@]1(c2ccccc2)CC[C@@H](C)c2ccccc21. The Bertz CT molecular complexity index is 787. The molecule has 1 aliphatic rings. The number of ether oxygens (including phenoxy) is 1. The molecule has 0 aromatic heterocycles. The van der Waals surface area contributed by atoms with Crippen molar-refractivity contribution >= 4 is 11.9 Å². The number of esters is 1. The van der Waals surface area contributed by atoms with Crippen molar-refractivity contribution in [1.29, 1.82) is 0 Å². The predicted molar refractivity (Wildman–Crippen MR) is 101 cm³/mol. The Morgan fingerprint density at radius 3 is 2.54 bits per heavy atom. The predicted octanol–water partition coefficient (Wildman–Crippen LogP) is 3.55. The van der Waals surface area contributed by atoms with E-state index >= 15 is 0 Å². The molecule has 0 saturated heterocycles. The van der Waals surface area contributed by atoms with Gasteiger partial charge in [-0.25, -0.2) is 0 Å². The van der Waals surface area contributed by atoms with Crippen LogP contribution in [-0.4, -0.2) is 25.5 Å². The second-order valence-corrected chi connectivity index (χ2v) is 6.88. The van der Waals surface area contributed by atoms with E-state index < -0.39 is 5.41 Å². The standard InChI is InChI=1S/C22H25NO3/c1-16-12-14-22(17-8-4-3-5-9-17,19-11-7-6-10-18(16)19)21(25)23-15-13-20(24)26-2/h3-11,16H,12-15H2,1-2H3,(H,23,25)/t16-,22+/m1/s1. The van der Waals surface area contributed by atoms with Crippen LogP contribution in [0.4, 0.5) is 0 Å². The van der Waals surface area contributed by atoms with Gasteiger partial charge in [-0.15, -0.1) is 0 Å². The summed E-state index contributed by atoms with van der Waals surface area (Å²) in [6.45, 7) is 2.49. The van der Waals surface area contributed by atoms with Crippen LogP contribution in [0.2, 0.25) is 0 Å². The minimum atomic E-state index is -0.722. The minimum Gasteiger partial charge on any atom is -0.469 e. The maximum Gasteiger partial charge on any atom is 0.307 e. The van der Waals surface area contributed by atoms with Gasteiger partial charge in [-0.05, 0) is 35.4 Å². The van der Waals surface area contributed by atoms with Crippen molar-refractivity contribution in [3.8, 4) is 0 Å². The molecule has 136 valence electrons. The molecular weight excluding hydrogens is 326 g/mol. The summed E-state index contributed by atoms with van der Waals surface area (Å²) in [5.41, 5.74) is 2.57. The highest BCUT2D eigenvalue weighted by atomic mass is 16.5. The van der Waals surface area contributed by atoms with E-state index in [4.69, 9.17) is 0 Å². The van der Waals surface area contributed by atoms with E-state index in [9.17, 15) is 9.59 Å². The van der Waals surface area contributed by atoms with Gasteiger partial charge in [-0.2, -0.15) is 0 Å². The quantitative estimate of drug-likeness (QED) is 0.838. The molecule has 1 amide bonds. The zero-order valence-electron chi connectivity index (χ0n) is 15.3. The summed E-state index contributed by atoms with van der Waals surface area (Å²) in [5.74, 6) is 0.0505. The molecule has 26 heavy (non-hydrogen) atoms. The average molecular weight is 351 g/mol. The molecule has 0 spiro atoms. The van der Waals surface area contributed by atoms with Crippen LogP contribution in [0.1, 0.15) is 48.8 Å². The summed E-state index contributed by atoms with van der Waals surface area (Å²) < 4.78 is 4.67. The van der Waals surface area contributed by atoms with Crippen LogP contribution in [0, 0.1) is 0 Å². The third-order valence-corrected chi connectivity index (χ3v) is 5.40. The normalized spacial score (nSPS) is 21.5. The number of amides is 1. The van der Waals surface area contributed by atoms with Crippen molar-refractivity contribution in [3.63, 3.8) is 0 Å². The molecule has 4 nitrogen and oxygen atoms in total. The first-order valence-electron chi connectivity index (χ1n) is 9.09. The number of rotatable bonds is 5. The van der Waals surface area contributed by atoms with Crippen molar-refractivity contribution in [1.82, 2.24) is 5.32 Å². The molecule has 2 atom stereocenters. The number of benzene rings is 2. The lowest BCUT2D eigenvalue weighted by atomic mass is 9.63. The zero-order valence-corrected chi connectivity index (χ0v) is 15.3. The van der Waals surface area contributed by atoms with Gasteiger partial charge in [0.1, 0.15) is 0 Å². The van der Waals surface area contributed by atoms with Gasteiger partial charge in [-0.1, -0.05) is 61.5 Å². The van der Waals surface area contributed by atoms with Crippen LogP contribution in [-0.2, 0) is 19.7 Å². The fourth-order valence-electron chi connectivity index (χ4n) is 3.96. The molecule has 0 unspecified atom stereocenters. The van der Waals surface area contributed by atoms with Crippen molar-refractivity contribution in [2.75, 3.05) is 13.7 Å². The summed E-state index contributed by atoms with van der Waals surface area (Å²) in [5, 5.41) is 2.97. The Balaban J connectivity index is 2.01. The number of hydrogen-bond donors (Lipinski definition) is 1. The van der Waals surface area contributed by atoms with E-state index in [2.05, 4.69) is 29.1 Å². The van der Waals surface area contributed by atoms with E-state index in [-0.39, 0.29) is 24.8 Å². The highest BCUT2D eigenvalue weighted by Gasteiger charge is 2.46. The summed E-state index contributed by atoms with van der Waals surface area (Å²) in [6, 6.07) is 18.2. The third kappa shape index (κ3) is 3.24. The van der Waals surface area contributed by atoms with Crippen LogP contribution in [0.3, 0.4) is 0 Å². The number of hydrogen-bond acceptors (Lipinski definition) is 3. The second kappa shape index (κ2) is 7.73. The number of carbonyl (C=O) groups excluding carboxylic acids is 2. The fraction of sp³-hybridized carbons (Fsp3) is 0.364. The van der Waals surface area contributed by atoms with E-state index in [1.807, 2.05) is 42.5 Å². The van der Waals surface area contributed by atoms with Gasteiger partial charge in [0.15, 0.2) is 0 Å². The maximum absolute atomic E-state index is 13.4. The van der Waals surface area contributed by atoms with E-state index in [0.29, 0.717) is 5.92 Å². The second-order valence-electron chi connectivity index (χ2n) is 6.88. The molecule has 0 heterocycles. The van der Waals surface area contributed by atoms with Gasteiger partial charge in [0, 0.05) is 6.54 Å². The van der Waals surface area contributed by atoms with Gasteiger partial charge in [0.05, 0.1) is 18.9 Å². The number of fused-ring (bicyclic) bond motifs is 1. The van der Waals surface area contributed by atoms with Gasteiger partial charge in [0.25, 0.3) is 0 Å². The Morgan fingerprint density at radius 2 is 1.81 bits per heavy atom. The molecule has 2 aromatic rings. The zero-order chi connectivity index (χ0) is 18.6. The van der Waals surface area contributed by atoms with Gasteiger partial charge < -0.3 is 10.1 Å². The molecule has 0 aliphatic heterocycles. The lowest BCUT2D eigenvalue weighted by molar-refractivity contribution is -0.140. The average Bonchev–Trinajstić information content (AvgIpc) is 2.69. The van der Waals surface area contributed by atoms with Gasteiger partial charge in [0.2, 0.25) is 5.91 Å². The minimum absolute atomic E-state index is 0.0491. The number of nitrogens with one attached hydrogen (secondary N) is 1. The molecule has 0 saturated carbocycles. The third-order valence-electron chi connectivity index (χ3n) is 5.40. The first-order chi connectivity index (χ1) is 12.6. The summed E-state index contributed by atoms with van der Waals surface area (Å²) >= 11 is 0. The molecule has 1 aliphatic carbocycles. The number of methoxy groups -OCH3 is 1. The van der Waals surface area contributed by atoms with Crippen molar-refractivity contribution < 1.29 is 14.3 Å². The lowest BCUT2D eigenvalue weighted by Gasteiger charge is -2.40. The molecule has 3 rings (SSSR count). The maximum atomic E-state index is 13.4. The molecule has 2 aromatic carbocycles. The van der Waals surface area contributed by atoms with Crippen molar-refractivity contribution in [2.45, 2.75) is 37.5 Å². The largest absolute Gasteiger partial charge is 0.469 e. The first kappa shape index (κ1) is 18.2.